The monoisotopic (exact) mass is 274 g/mol. The number of rotatable bonds is 2. The molecule has 2 aliphatic rings. The first-order valence-corrected chi connectivity index (χ1v) is 6.51. The molecule has 2 fully saturated rings. The van der Waals surface area contributed by atoms with Crippen molar-refractivity contribution in [1.82, 2.24) is 0 Å². The average molecular weight is 274 g/mol. The van der Waals surface area contributed by atoms with Gasteiger partial charge in [-0.25, -0.2) is 9.69 Å². The fourth-order valence-corrected chi connectivity index (χ4v) is 3.14. The number of nitrogens with two attached hydrogens (primary N) is 1. The molecular formula is C14H14N2O4. The van der Waals surface area contributed by atoms with Crippen LogP contribution in [0.5, 0.6) is 0 Å². The topological polar surface area (TPSA) is 101 Å². The van der Waals surface area contributed by atoms with Crippen molar-refractivity contribution < 1.29 is 19.5 Å². The maximum absolute atomic E-state index is 12.4. The molecule has 0 spiro atoms. The summed E-state index contributed by atoms with van der Waals surface area (Å²) in [5.74, 6) is -2.38. The summed E-state index contributed by atoms with van der Waals surface area (Å²) in [6, 6.07) is 4.14. The van der Waals surface area contributed by atoms with Gasteiger partial charge in [0.25, 0.3) is 0 Å². The second-order valence-electron chi connectivity index (χ2n) is 5.24. The van der Waals surface area contributed by atoms with Gasteiger partial charge in [0.05, 0.1) is 23.1 Å². The third-order valence-corrected chi connectivity index (χ3v) is 4.08. The number of aromatic carboxylic acids is 1. The summed E-state index contributed by atoms with van der Waals surface area (Å²) < 4.78 is 0. The number of nitrogens with zero attached hydrogens (tertiary/aromatic N) is 1. The average Bonchev–Trinajstić information content (AvgIpc) is 2.94. The van der Waals surface area contributed by atoms with Crippen LogP contribution < -0.4 is 10.6 Å². The Labute approximate surface area is 115 Å². The quantitative estimate of drug-likeness (QED) is 0.624. The number of carboxylic acid groups (broad SMARTS) is 1. The molecule has 0 bridgehead atoms. The lowest BCUT2D eigenvalue weighted by molar-refractivity contribution is -0.122. The molecule has 1 aromatic rings. The molecule has 6 heteroatoms. The van der Waals surface area contributed by atoms with Gasteiger partial charge in [-0.1, -0.05) is 6.42 Å². The molecule has 20 heavy (non-hydrogen) atoms. The van der Waals surface area contributed by atoms with E-state index in [9.17, 15) is 19.5 Å². The zero-order valence-corrected chi connectivity index (χ0v) is 10.7. The fourth-order valence-electron chi connectivity index (χ4n) is 3.14. The highest BCUT2D eigenvalue weighted by Crippen LogP contribution is 2.42. The van der Waals surface area contributed by atoms with Crippen molar-refractivity contribution >= 4 is 29.2 Å². The van der Waals surface area contributed by atoms with Crippen LogP contribution in [0.15, 0.2) is 18.2 Å². The number of carbonyl (C=O) groups is 3. The van der Waals surface area contributed by atoms with E-state index in [1.807, 2.05) is 0 Å². The van der Waals surface area contributed by atoms with Crippen LogP contribution >= 0.6 is 0 Å². The van der Waals surface area contributed by atoms with Crippen LogP contribution in [0.2, 0.25) is 0 Å². The summed E-state index contributed by atoms with van der Waals surface area (Å²) in [4.78, 5) is 37.0. The molecule has 1 saturated carbocycles. The largest absolute Gasteiger partial charge is 0.478 e. The smallest absolute Gasteiger partial charge is 0.337 e. The van der Waals surface area contributed by atoms with Crippen molar-refractivity contribution in [3.05, 3.63) is 23.8 Å². The summed E-state index contributed by atoms with van der Waals surface area (Å²) >= 11 is 0. The maximum atomic E-state index is 12.4. The van der Waals surface area contributed by atoms with Crippen LogP contribution in [-0.4, -0.2) is 22.9 Å². The number of nitrogen functional groups attached to an aromatic ring is 1. The minimum Gasteiger partial charge on any atom is -0.478 e. The molecule has 2 atom stereocenters. The maximum Gasteiger partial charge on any atom is 0.337 e. The molecular weight excluding hydrogens is 260 g/mol. The van der Waals surface area contributed by atoms with E-state index in [-0.39, 0.29) is 34.9 Å². The van der Waals surface area contributed by atoms with Crippen molar-refractivity contribution in [1.29, 1.82) is 0 Å². The van der Waals surface area contributed by atoms with Gasteiger partial charge in [-0.05, 0) is 31.0 Å². The number of anilines is 2. The first-order chi connectivity index (χ1) is 9.50. The van der Waals surface area contributed by atoms with Crippen LogP contribution in [0.3, 0.4) is 0 Å². The number of carbonyl (C=O) groups excluding carboxylic acids is 2. The number of imide groups is 1. The molecule has 3 N–H and O–H groups in total. The second-order valence-corrected chi connectivity index (χ2v) is 5.24. The molecule has 2 unspecified atom stereocenters. The number of amides is 2. The lowest BCUT2D eigenvalue weighted by Gasteiger charge is -2.18. The minimum atomic E-state index is -1.18. The highest BCUT2D eigenvalue weighted by molar-refractivity contribution is 6.24. The van der Waals surface area contributed by atoms with Gasteiger partial charge in [0.15, 0.2) is 0 Å². The SMILES string of the molecule is Nc1ccc(C(=O)O)c(N2C(=O)C3CCCC3C2=O)c1. The highest BCUT2D eigenvalue weighted by Gasteiger charge is 2.50. The number of benzene rings is 1. The van der Waals surface area contributed by atoms with E-state index < -0.39 is 5.97 Å². The molecule has 1 aromatic carbocycles. The number of hydrogen-bond acceptors (Lipinski definition) is 4. The lowest BCUT2D eigenvalue weighted by Crippen LogP contribution is -2.33. The van der Waals surface area contributed by atoms with Crippen LogP contribution in [0.4, 0.5) is 11.4 Å². The third-order valence-electron chi connectivity index (χ3n) is 4.08. The fraction of sp³-hybridized carbons (Fsp3) is 0.357. The van der Waals surface area contributed by atoms with Gasteiger partial charge in [0.1, 0.15) is 0 Å². The van der Waals surface area contributed by atoms with Gasteiger partial charge < -0.3 is 10.8 Å². The van der Waals surface area contributed by atoms with Crippen LogP contribution in [0.25, 0.3) is 0 Å². The molecule has 1 aliphatic carbocycles. The Morgan fingerprint density at radius 1 is 1.20 bits per heavy atom. The van der Waals surface area contributed by atoms with Gasteiger partial charge in [-0.3, -0.25) is 9.59 Å². The molecule has 104 valence electrons. The van der Waals surface area contributed by atoms with E-state index in [2.05, 4.69) is 0 Å². The normalized spacial score (nSPS) is 25.1. The number of carboxylic acids is 1. The Kier molecular flexibility index (Phi) is 2.74. The zero-order chi connectivity index (χ0) is 14.4. The van der Waals surface area contributed by atoms with Crippen LogP contribution in [0.1, 0.15) is 29.6 Å². The van der Waals surface area contributed by atoms with Crippen molar-refractivity contribution in [2.45, 2.75) is 19.3 Å². The van der Waals surface area contributed by atoms with Crippen LogP contribution in [0, 0.1) is 11.8 Å². The van der Waals surface area contributed by atoms with Gasteiger partial charge in [-0.15, -0.1) is 0 Å². The van der Waals surface area contributed by atoms with Crippen molar-refractivity contribution in [3.8, 4) is 0 Å². The van der Waals surface area contributed by atoms with Gasteiger partial charge >= 0.3 is 5.97 Å². The number of fused-ring (bicyclic) bond motifs is 1. The summed E-state index contributed by atoms with van der Waals surface area (Å²) in [6.07, 6.45) is 2.25. The van der Waals surface area contributed by atoms with Gasteiger partial charge in [0.2, 0.25) is 11.8 Å². The Balaban J connectivity index is 2.09. The van der Waals surface area contributed by atoms with E-state index in [4.69, 9.17) is 5.73 Å². The molecule has 1 heterocycles. The van der Waals surface area contributed by atoms with Gasteiger partial charge in [0, 0.05) is 5.69 Å². The first-order valence-electron chi connectivity index (χ1n) is 6.51. The lowest BCUT2D eigenvalue weighted by atomic mass is 10.00. The molecule has 1 aliphatic heterocycles. The molecule has 6 nitrogen and oxygen atoms in total. The van der Waals surface area contributed by atoms with E-state index in [0.29, 0.717) is 18.5 Å². The second kappa shape index (κ2) is 4.33. The summed E-state index contributed by atoms with van der Waals surface area (Å²) in [7, 11) is 0. The summed E-state index contributed by atoms with van der Waals surface area (Å²) in [5.41, 5.74) is 5.98. The first kappa shape index (κ1) is 12.7. The van der Waals surface area contributed by atoms with Crippen molar-refractivity contribution in [2.75, 3.05) is 10.6 Å². The van der Waals surface area contributed by atoms with E-state index >= 15 is 0 Å². The predicted molar refractivity (Wildman–Crippen MR) is 71.1 cm³/mol. The Morgan fingerprint density at radius 3 is 2.35 bits per heavy atom. The molecule has 3 rings (SSSR count). The van der Waals surface area contributed by atoms with Crippen molar-refractivity contribution in [2.24, 2.45) is 11.8 Å². The molecule has 0 aromatic heterocycles. The van der Waals surface area contributed by atoms with Gasteiger partial charge in [-0.2, -0.15) is 0 Å². The van der Waals surface area contributed by atoms with E-state index in [1.165, 1.54) is 18.2 Å². The van der Waals surface area contributed by atoms with E-state index in [1.54, 1.807) is 0 Å². The summed E-state index contributed by atoms with van der Waals surface area (Å²) in [5, 5.41) is 9.20. The molecule has 0 radical (unpaired) electrons. The van der Waals surface area contributed by atoms with E-state index in [0.717, 1.165) is 11.3 Å². The Bertz CT molecular complexity index is 604. The summed E-state index contributed by atoms with van der Waals surface area (Å²) in [6.45, 7) is 0. The molecule has 2 amide bonds. The highest BCUT2D eigenvalue weighted by atomic mass is 16.4. The Morgan fingerprint density at radius 2 is 1.80 bits per heavy atom. The zero-order valence-electron chi connectivity index (χ0n) is 10.7. The standard InChI is InChI=1S/C14H14N2O4/c15-7-4-5-10(14(19)20)11(6-7)16-12(17)8-2-1-3-9(8)13(16)18/h4-6,8-9H,1-3,15H2,(H,19,20). The van der Waals surface area contributed by atoms with Crippen LogP contribution in [-0.2, 0) is 9.59 Å². The third kappa shape index (κ3) is 1.68. The number of hydrogen-bond donors (Lipinski definition) is 2. The minimum absolute atomic E-state index is 0.0825. The molecule has 1 saturated heterocycles. The Hall–Kier alpha value is -2.37. The predicted octanol–water partition coefficient (Wildman–Crippen LogP) is 1.26. The van der Waals surface area contributed by atoms with Crippen molar-refractivity contribution in [3.63, 3.8) is 0 Å².